The van der Waals surface area contributed by atoms with E-state index in [4.69, 9.17) is 0 Å². The van der Waals surface area contributed by atoms with Crippen molar-refractivity contribution in [1.29, 1.82) is 0 Å². The van der Waals surface area contributed by atoms with Crippen LogP contribution < -0.4 is 10.6 Å². The monoisotopic (exact) mass is 285 g/mol. The molecule has 102 valence electrons. The standard InChI is InChI=1S/C13H23N3S2/c1-5-14-12(16-10-13(2,3)17-4)15-8-11-6-7-18-9-11/h6-7,9H,5,8,10H2,1-4H3,(H2,14,15,16). The van der Waals surface area contributed by atoms with E-state index in [1.807, 2.05) is 11.8 Å². The van der Waals surface area contributed by atoms with Gasteiger partial charge in [-0.25, -0.2) is 4.99 Å². The van der Waals surface area contributed by atoms with Crippen LogP contribution in [0.2, 0.25) is 0 Å². The lowest BCUT2D eigenvalue weighted by molar-refractivity contribution is 0.665. The van der Waals surface area contributed by atoms with Crippen molar-refractivity contribution in [2.45, 2.75) is 32.1 Å². The van der Waals surface area contributed by atoms with Crippen LogP contribution in [-0.2, 0) is 6.54 Å². The molecule has 0 saturated carbocycles. The summed E-state index contributed by atoms with van der Waals surface area (Å²) in [6.07, 6.45) is 2.14. The zero-order chi connectivity index (χ0) is 13.4. The lowest BCUT2D eigenvalue weighted by Crippen LogP contribution is -2.43. The van der Waals surface area contributed by atoms with E-state index in [2.05, 4.69) is 59.5 Å². The van der Waals surface area contributed by atoms with Gasteiger partial charge in [0, 0.05) is 17.8 Å². The molecule has 0 bridgehead atoms. The van der Waals surface area contributed by atoms with Crippen molar-refractivity contribution in [3.8, 4) is 0 Å². The van der Waals surface area contributed by atoms with Crippen LogP contribution in [0.5, 0.6) is 0 Å². The predicted octanol–water partition coefficient (Wildman–Crippen LogP) is 2.94. The Bertz CT molecular complexity index is 358. The fourth-order valence-corrected chi connectivity index (χ4v) is 2.14. The summed E-state index contributed by atoms with van der Waals surface area (Å²) in [6.45, 7) is 9.07. The highest BCUT2D eigenvalue weighted by Gasteiger charge is 2.15. The van der Waals surface area contributed by atoms with Crippen molar-refractivity contribution in [3.05, 3.63) is 22.4 Å². The molecule has 0 spiro atoms. The molecule has 1 aromatic rings. The molecule has 0 radical (unpaired) electrons. The van der Waals surface area contributed by atoms with Gasteiger partial charge in [0.05, 0.1) is 6.54 Å². The average Bonchev–Trinajstić information content (AvgIpc) is 2.86. The van der Waals surface area contributed by atoms with Crippen molar-refractivity contribution in [1.82, 2.24) is 10.6 Å². The molecule has 0 unspecified atom stereocenters. The first kappa shape index (κ1) is 15.4. The topological polar surface area (TPSA) is 36.4 Å². The number of nitrogens with zero attached hydrogens (tertiary/aromatic N) is 1. The number of rotatable bonds is 6. The molecule has 1 aromatic heterocycles. The van der Waals surface area contributed by atoms with Crippen LogP contribution in [0.25, 0.3) is 0 Å². The summed E-state index contributed by atoms with van der Waals surface area (Å²) in [4.78, 5) is 4.59. The number of thioether (sulfide) groups is 1. The predicted molar refractivity (Wildman–Crippen MR) is 84.7 cm³/mol. The van der Waals surface area contributed by atoms with Crippen LogP contribution in [-0.4, -0.2) is 30.1 Å². The Kier molecular flexibility index (Phi) is 6.57. The van der Waals surface area contributed by atoms with Crippen LogP contribution in [0.4, 0.5) is 0 Å². The van der Waals surface area contributed by atoms with Gasteiger partial charge in [0.25, 0.3) is 0 Å². The molecule has 1 rings (SSSR count). The molecule has 3 nitrogen and oxygen atoms in total. The summed E-state index contributed by atoms with van der Waals surface area (Å²) in [6, 6.07) is 2.11. The number of hydrogen-bond donors (Lipinski definition) is 2. The van der Waals surface area contributed by atoms with Gasteiger partial charge < -0.3 is 10.6 Å². The van der Waals surface area contributed by atoms with E-state index in [1.165, 1.54) is 5.56 Å². The first-order chi connectivity index (χ1) is 8.57. The van der Waals surface area contributed by atoms with Crippen LogP contribution >= 0.6 is 23.1 Å². The molecule has 0 saturated heterocycles. The average molecular weight is 285 g/mol. The highest BCUT2D eigenvalue weighted by atomic mass is 32.2. The third-order valence-corrected chi connectivity index (χ3v) is 4.56. The minimum atomic E-state index is 0.221. The molecular weight excluding hydrogens is 262 g/mol. The highest BCUT2D eigenvalue weighted by Crippen LogP contribution is 2.19. The summed E-state index contributed by atoms with van der Waals surface area (Å²) < 4.78 is 0.221. The quantitative estimate of drug-likeness (QED) is 0.623. The molecular formula is C13H23N3S2. The maximum Gasteiger partial charge on any atom is 0.191 e. The van der Waals surface area contributed by atoms with Crippen molar-refractivity contribution in [3.63, 3.8) is 0 Å². The lowest BCUT2D eigenvalue weighted by Gasteiger charge is -2.23. The number of hydrogen-bond acceptors (Lipinski definition) is 3. The van der Waals surface area contributed by atoms with Gasteiger partial charge in [-0.3, -0.25) is 0 Å². The van der Waals surface area contributed by atoms with Gasteiger partial charge in [0.2, 0.25) is 0 Å². The molecule has 2 N–H and O–H groups in total. The van der Waals surface area contributed by atoms with Crippen molar-refractivity contribution in [2.75, 3.05) is 19.3 Å². The van der Waals surface area contributed by atoms with Crippen LogP contribution in [0, 0.1) is 0 Å². The Labute approximate surface area is 118 Å². The maximum absolute atomic E-state index is 4.59. The summed E-state index contributed by atoms with van der Waals surface area (Å²) in [5.74, 6) is 0.894. The molecule has 0 aromatic carbocycles. The molecule has 0 amide bonds. The fourth-order valence-electron chi connectivity index (χ4n) is 1.26. The molecule has 0 fully saturated rings. The smallest absolute Gasteiger partial charge is 0.191 e. The van der Waals surface area contributed by atoms with Gasteiger partial charge in [-0.05, 0) is 49.4 Å². The van der Waals surface area contributed by atoms with E-state index in [-0.39, 0.29) is 4.75 Å². The third-order valence-electron chi connectivity index (χ3n) is 2.58. The number of thiophene rings is 1. The van der Waals surface area contributed by atoms with Crippen LogP contribution in [0.1, 0.15) is 26.3 Å². The van der Waals surface area contributed by atoms with Gasteiger partial charge >= 0.3 is 0 Å². The first-order valence-corrected chi connectivity index (χ1v) is 8.32. The zero-order valence-corrected chi connectivity index (χ0v) is 13.3. The fraction of sp³-hybridized carbons (Fsp3) is 0.615. The molecule has 0 aliphatic rings. The van der Waals surface area contributed by atoms with E-state index < -0.39 is 0 Å². The van der Waals surface area contributed by atoms with Gasteiger partial charge in [-0.2, -0.15) is 23.1 Å². The minimum absolute atomic E-state index is 0.221. The van der Waals surface area contributed by atoms with Crippen LogP contribution in [0.3, 0.4) is 0 Å². The minimum Gasteiger partial charge on any atom is -0.357 e. The van der Waals surface area contributed by atoms with Gasteiger partial charge in [0.15, 0.2) is 5.96 Å². The number of nitrogens with one attached hydrogen (secondary N) is 2. The SMILES string of the molecule is CCNC(=NCc1ccsc1)NCC(C)(C)SC. The van der Waals surface area contributed by atoms with E-state index >= 15 is 0 Å². The Morgan fingerprint density at radius 3 is 2.78 bits per heavy atom. The second-order valence-corrected chi connectivity index (χ2v) is 6.94. The largest absolute Gasteiger partial charge is 0.357 e. The Morgan fingerprint density at radius 1 is 1.44 bits per heavy atom. The first-order valence-electron chi connectivity index (χ1n) is 6.16. The van der Waals surface area contributed by atoms with Crippen molar-refractivity contribution in [2.24, 2.45) is 4.99 Å². The molecule has 0 aliphatic carbocycles. The van der Waals surface area contributed by atoms with Crippen LogP contribution in [0.15, 0.2) is 21.8 Å². The van der Waals surface area contributed by atoms with E-state index in [0.717, 1.165) is 25.6 Å². The lowest BCUT2D eigenvalue weighted by atomic mass is 10.2. The van der Waals surface area contributed by atoms with Crippen molar-refractivity contribution >= 4 is 29.1 Å². The maximum atomic E-state index is 4.59. The Hall–Kier alpha value is -0.680. The molecule has 0 atom stereocenters. The molecule has 5 heteroatoms. The summed E-state index contributed by atoms with van der Waals surface area (Å²) in [7, 11) is 0. The molecule has 0 aliphatic heterocycles. The number of aliphatic imine (C=N–C) groups is 1. The highest BCUT2D eigenvalue weighted by molar-refractivity contribution is 7.99. The second kappa shape index (κ2) is 7.69. The summed E-state index contributed by atoms with van der Waals surface area (Å²) >= 11 is 3.57. The Morgan fingerprint density at radius 2 is 2.22 bits per heavy atom. The van der Waals surface area contributed by atoms with E-state index in [1.54, 1.807) is 11.3 Å². The summed E-state index contributed by atoms with van der Waals surface area (Å²) in [5.41, 5.74) is 1.27. The third kappa shape index (κ3) is 5.78. The normalized spacial score (nSPS) is 12.6. The van der Waals surface area contributed by atoms with E-state index in [0.29, 0.717) is 0 Å². The van der Waals surface area contributed by atoms with Gasteiger partial charge in [-0.1, -0.05) is 0 Å². The van der Waals surface area contributed by atoms with Gasteiger partial charge in [-0.15, -0.1) is 0 Å². The second-order valence-electron chi connectivity index (χ2n) is 4.64. The summed E-state index contributed by atoms with van der Waals surface area (Å²) in [5, 5.41) is 10.9. The van der Waals surface area contributed by atoms with Crippen molar-refractivity contribution < 1.29 is 0 Å². The van der Waals surface area contributed by atoms with Gasteiger partial charge in [0.1, 0.15) is 0 Å². The zero-order valence-electron chi connectivity index (χ0n) is 11.6. The molecule has 18 heavy (non-hydrogen) atoms. The number of guanidine groups is 1. The Balaban J connectivity index is 2.51. The van der Waals surface area contributed by atoms with E-state index in [9.17, 15) is 0 Å². The molecule has 1 heterocycles.